The number of anilines is 1. The number of nitrogens with one attached hydrogen (secondary N) is 2. The molecule has 0 radical (unpaired) electrons. The van der Waals surface area contributed by atoms with E-state index in [1.165, 1.54) is 0 Å². The molecule has 2 aliphatic rings. The summed E-state index contributed by atoms with van der Waals surface area (Å²) in [5.41, 5.74) is 4.96. The monoisotopic (exact) mass is 406 g/mol. The summed E-state index contributed by atoms with van der Waals surface area (Å²) in [4.78, 5) is 30.4. The number of carbonyl (C=O) groups excluding carboxylic acids is 1. The molecule has 1 aromatic carbocycles. The molecular weight excluding hydrogens is 380 g/mol. The zero-order valence-corrected chi connectivity index (χ0v) is 17.4. The summed E-state index contributed by atoms with van der Waals surface area (Å²) in [7, 11) is 0. The van der Waals surface area contributed by atoms with Crippen LogP contribution in [0, 0.1) is 25.2 Å². The minimum Gasteiger partial charge on any atom is -0.381 e. The SMILES string of the molecule is Cc1cc(C)c(CNC(=O)c2cc(C#N)cc3c2CCN3C2CCOCC2)c(=O)[nH]1. The van der Waals surface area contributed by atoms with E-state index < -0.39 is 0 Å². The summed E-state index contributed by atoms with van der Waals surface area (Å²) in [5.74, 6) is -0.253. The third kappa shape index (κ3) is 3.83. The number of benzene rings is 1. The predicted molar refractivity (Wildman–Crippen MR) is 114 cm³/mol. The number of aryl methyl sites for hydroxylation is 2. The maximum Gasteiger partial charge on any atom is 0.253 e. The molecule has 0 spiro atoms. The van der Waals surface area contributed by atoms with E-state index in [1.54, 1.807) is 6.07 Å². The second-order valence-corrected chi connectivity index (χ2v) is 8.05. The molecule has 30 heavy (non-hydrogen) atoms. The molecule has 1 saturated heterocycles. The van der Waals surface area contributed by atoms with E-state index in [2.05, 4.69) is 21.3 Å². The van der Waals surface area contributed by atoms with Gasteiger partial charge in [0.2, 0.25) is 0 Å². The summed E-state index contributed by atoms with van der Waals surface area (Å²) in [5, 5.41) is 12.4. The van der Waals surface area contributed by atoms with Crippen LogP contribution in [0.5, 0.6) is 0 Å². The molecule has 4 rings (SSSR count). The number of rotatable bonds is 4. The van der Waals surface area contributed by atoms with Crippen molar-refractivity contribution in [3.63, 3.8) is 0 Å². The average Bonchev–Trinajstić information content (AvgIpc) is 3.16. The van der Waals surface area contributed by atoms with Gasteiger partial charge in [0.15, 0.2) is 0 Å². The molecule has 0 bridgehead atoms. The Morgan fingerprint density at radius 1 is 1.30 bits per heavy atom. The molecule has 7 nitrogen and oxygen atoms in total. The van der Waals surface area contributed by atoms with Crippen molar-refractivity contribution in [1.29, 1.82) is 5.26 Å². The van der Waals surface area contributed by atoms with E-state index in [9.17, 15) is 14.9 Å². The van der Waals surface area contributed by atoms with Gasteiger partial charge < -0.3 is 19.9 Å². The number of H-pyrrole nitrogens is 1. The van der Waals surface area contributed by atoms with Gasteiger partial charge in [0.1, 0.15) is 0 Å². The molecule has 1 aromatic heterocycles. The lowest BCUT2D eigenvalue weighted by atomic mass is 10.00. The number of hydrogen-bond acceptors (Lipinski definition) is 5. The number of nitriles is 1. The second kappa shape index (κ2) is 8.33. The Balaban J connectivity index is 1.60. The molecule has 0 aliphatic carbocycles. The van der Waals surface area contributed by atoms with Crippen LogP contribution in [0.1, 0.15) is 51.1 Å². The van der Waals surface area contributed by atoms with E-state index in [4.69, 9.17) is 4.74 Å². The first kappa shape index (κ1) is 20.2. The Kier molecular flexibility index (Phi) is 5.60. The predicted octanol–water partition coefficient (Wildman–Crippen LogP) is 2.33. The van der Waals surface area contributed by atoms with Gasteiger partial charge in [0.05, 0.1) is 11.6 Å². The molecule has 2 aromatic rings. The molecule has 0 unspecified atom stereocenters. The Hall–Kier alpha value is -3.11. The highest BCUT2D eigenvalue weighted by Gasteiger charge is 2.31. The highest BCUT2D eigenvalue weighted by Crippen LogP contribution is 2.35. The lowest BCUT2D eigenvalue weighted by Gasteiger charge is -2.33. The zero-order valence-electron chi connectivity index (χ0n) is 17.4. The minimum atomic E-state index is -0.253. The molecule has 156 valence electrons. The summed E-state index contributed by atoms with van der Waals surface area (Å²) < 4.78 is 5.48. The maximum atomic E-state index is 13.0. The number of pyridine rings is 1. The maximum absolute atomic E-state index is 13.0. The van der Waals surface area contributed by atoms with Crippen molar-refractivity contribution in [2.45, 2.75) is 45.7 Å². The normalized spacial score (nSPS) is 16.2. The van der Waals surface area contributed by atoms with Crippen LogP contribution in [0.2, 0.25) is 0 Å². The van der Waals surface area contributed by atoms with Crippen molar-refractivity contribution in [2.24, 2.45) is 0 Å². The largest absolute Gasteiger partial charge is 0.381 e. The Labute approximate surface area is 175 Å². The topological polar surface area (TPSA) is 98.2 Å². The molecule has 1 fully saturated rings. The molecule has 2 N–H and O–H groups in total. The number of nitrogens with zero attached hydrogens (tertiary/aromatic N) is 2. The Bertz CT molecular complexity index is 1080. The van der Waals surface area contributed by atoms with Crippen LogP contribution in [0.15, 0.2) is 23.0 Å². The highest BCUT2D eigenvalue weighted by molar-refractivity contribution is 5.98. The van der Waals surface area contributed by atoms with Gasteiger partial charge in [0.25, 0.3) is 11.5 Å². The number of amides is 1. The van der Waals surface area contributed by atoms with Gasteiger partial charge in [-0.25, -0.2) is 0 Å². The lowest BCUT2D eigenvalue weighted by molar-refractivity contribution is 0.0848. The van der Waals surface area contributed by atoms with Gasteiger partial charge in [-0.05, 0) is 62.4 Å². The van der Waals surface area contributed by atoms with E-state index in [0.717, 1.165) is 61.5 Å². The van der Waals surface area contributed by atoms with Crippen LogP contribution in [0.3, 0.4) is 0 Å². The van der Waals surface area contributed by atoms with Gasteiger partial charge in [-0.3, -0.25) is 9.59 Å². The molecule has 2 aliphatic heterocycles. The van der Waals surface area contributed by atoms with Gasteiger partial charge in [-0.15, -0.1) is 0 Å². The van der Waals surface area contributed by atoms with E-state index in [-0.39, 0.29) is 18.0 Å². The van der Waals surface area contributed by atoms with Crippen LogP contribution >= 0.6 is 0 Å². The van der Waals surface area contributed by atoms with Crippen molar-refractivity contribution in [2.75, 3.05) is 24.7 Å². The number of carbonyl (C=O) groups is 1. The Morgan fingerprint density at radius 3 is 2.77 bits per heavy atom. The van der Waals surface area contributed by atoms with Crippen molar-refractivity contribution < 1.29 is 9.53 Å². The van der Waals surface area contributed by atoms with Gasteiger partial charge in [-0.2, -0.15) is 5.26 Å². The first-order valence-electron chi connectivity index (χ1n) is 10.4. The lowest BCUT2D eigenvalue weighted by Crippen LogP contribution is -2.38. The van der Waals surface area contributed by atoms with Crippen molar-refractivity contribution >= 4 is 11.6 Å². The van der Waals surface area contributed by atoms with Crippen molar-refractivity contribution in [1.82, 2.24) is 10.3 Å². The zero-order chi connectivity index (χ0) is 21.3. The van der Waals surface area contributed by atoms with E-state index in [1.807, 2.05) is 26.0 Å². The number of aromatic amines is 1. The van der Waals surface area contributed by atoms with Crippen LogP contribution in [-0.2, 0) is 17.7 Å². The molecule has 3 heterocycles. The average molecular weight is 406 g/mol. The number of ether oxygens (including phenoxy) is 1. The first-order valence-corrected chi connectivity index (χ1v) is 10.4. The standard InChI is InChI=1S/C23H26N4O3/c1-14-9-15(2)26-23(29)20(14)13-25-22(28)19-10-16(12-24)11-21-18(19)3-6-27(21)17-4-7-30-8-5-17/h9-11,17H,3-8,13H2,1-2H3,(H,25,28)(H,26,29). The van der Waals surface area contributed by atoms with Crippen LogP contribution in [-0.4, -0.2) is 36.7 Å². The molecule has 7 heteroatoms. The van der Waals surface area contributed by atoms with Crippen LogP contribution < -0.4 is 15.8 Å². The third-order valence-electron chi connectivity index (χ3n) is 6.06. The smallest absolute Gasteiger partial charge is 0.253 e. The van der Waals surface area contributed by atoms with Crippen molar-refractivity contribution in [3.8, 4) is 6.07 Å². The molecule has 0 atom stereocenters. The summed E-state index contributed by atoms with van der Waals surface area (Å²) in [6, 6.07) is 8.01. The van der Waals surface area contributed by atoms with E-state index >= 15 is 0 Å². The summed E-state index contributed by atoms with van der Waals surface area (Å²) >= 11 is 0. The van der Waals surface area contributed by atoms with E-state index in [0.29, 0.717) is 22.7 Å². The van der Waals surface area contributed by atoms with Gasteiger partial charge in [0, 0.05) is 54.9 Å². The fourth-order valence-electron chi connectivity index (χ4n) is 4.54. The van der Waals surface area contributed by atoms with Gasteiger partial charge >= 0.3 is 0 Å². The molecule has 0 saturated carbocycles. The summed E-state index contributed by atoms with van der Waals surface area (Å²) in [6.07, 6.45) is 2.67. The minimum absolute atomic E-state index is 0.148. The van der Waals surface area contributed by atoms with Crippen molar-refractivity contribution in [3.05, 3.63) is 62.1 Å². The number of fused-ring (bicyclic) bond motifs is 1. The number of hydrogen-bond donors (Lipinski definition) is 2. The number of aromatic nitrogens is 1. The first-order chi connectivity index (χ1) is 14.5. The fourth-order valence-corrected chi connectivity index (χ4v) is 4.54. The molecular formula is C23H26N4O3. The third-order valence-corrected chi connectivity index (χ3v) is 6.06. The van der Waals surface area contributed by atoms with Crippen LogP contribution in [0.4, 0.5) is 5.69 Å². The van der Waals surface area contributed by atoms with Gasteiger partial charge in [-0.1, -0.05) is 0 Å². The van der Waals surface area contributed by atoms with Crippen LogP contribution in [0.25, 0.3) is 0 Å². The fraction of sp³-hybridized carbons (Fsp3) is 0.435. The Morgan fingerprint density at radius 2 is 2.07 bits per heavy atom. The molecule has 1 amide bonds. The summed E-state index contributed by atoms with van der Waals surface area (Å²) in [6.45, 7) is 6.17. The quantitative estimate of drug-likeness (QED) is 0.812. The second-order valence-electron chi connectivity index (χ2n) is 8.05. The highest BCUT2D eigenvalue weighted by atomic mass is 16.5.